The Morgan fingerprint density at radius 3 is 2.47 bits per heavy atom. The maximum Gasteiger partial charge on any atom is 0.0103 e. The largest absolute Gasteiger partial charge is 0.311 e. The third-order valence-corrected chi connectivity index (χ3v) is 6.35. The topological polar surface area (TPSA) is 12.0 Å². The van der Waals surface area contributed by atoms with Crippen molar-refractivity contribution >= 4 is 11.8 Å². The molecule has 0 bridgehead atoms. The van der Waals surface area contributed by atoms with Crippen molar-refractivity contribution in [2.24, 2.45) is 11.3 Å². The molecule has 0 aromatic rings. The van der Waals surface area contributed by atoms with Gasteiger partial charge in [0.1, 0.15) is 0 Å². The summed E-state index contributed by atoms with van der Waals surface area (Å²) in [6.45, 7) is 9.59. The number of rotatable bonds is 4. The first-order valence-corrected chi connectivity index (χ1v) is 9.43. The summed E-state index contributed by atoms with van der Waals surface area (Å²) in [7, 11) is 0. The zero-order valence-electron chi connectivity index (χ0n) is 13.4. The molecule has 112 valence electrons. The Bertz CT molecular complexity index is 271. The lowest BCUT2D eigenvalue weighted by Gasteiger charge is -2.42. The minimum absolute atomic E-state index is 0.467. The van der Waals surface area contributed by atoms with E-state index in [-0.39, 0.29) is 0 Å². The molecule has 0 aromatic heterocycles. The van der Waals surface area contributed by atoms with E-state index in [1.54, 1.807) is 0 Å². The monoisotopic (exact) mass is 283 g/mol. The van der Waals surface area contributed by atoms with Gasteiger partial charge in [-0.05, 0) is 49.2 Å². The predicted molar refractivity (Wildman–Crippen MR) is 87.9 cm³/mol. The predicted octanol–water partition coefficient (Wildman–Crippen LogP) is 4.86. The lowest BCUT2D eigenvalue weighted by molar-refractivity contribution is 0.123. The highest BCUT2D eigenvalue weighted by Gasteiger charge is 2.36. The maximum absolute atomic E-state index is 4.05. The summed E-state index contributed by atoms with van der Waals surface area (Å²) in [6, 6.07) is 1.58. The first-order chi connectivity index (χ1) is 9.00. The van der Waals surface area contributed by atoms with Crippen LogP contribution in [0.2, 0.25) is 0 Å². The standard InChI is InChI=1S/C17H33NS/c1-5-19-14-11-10-13(12-14)18-16-9-7-6-8-15(16)17(2,3)4/h13-16,18H,5-12H2,1-4H3. The molecule has 0 heterocycles. The summed E-state index contributed by atoms with van der Waals surface area (Å²) in [6.07, 6.45) is 9.97. The Kier molecular flexibility index (Phi) is 5.65. The molecule has 2 rings (SSSR count). The number of hydrogen-bond donors (Lipinski definition) is 1. The van der Waals surface area contributed by atoms with Crippen LogP contribution in [0.5, 0.6) is 0 Å². The van der Waals surface area contributed by atoms with Crippen molar-refractivity contribution in [1.82, 2.24) is 5.32 Å². The molecule has 2 fully saturated rings. The molecule has 1 nitrogen and oxygen atoms in total. The zero-order chi connectivity index (χ0) is 13.9. The molecule has 2 heteroatoms. The fourth-order valence-corrected chi connectivity index (χ4v) is 5.29. The number of hydrogen-bond acceptors (Lipinski definition) is 2. The molecule has 4 atom stereocenters. The van der Waals surface area contributed by atoms with Crippen LogP contribution in [0, 0.1) is 11.3 Å². The van der Waals surface area contributed by atoms with Gasteiger partial charge in [-0.3, -0.25) is 0 Å². The van der Waals surface area contributed by atoms with Gasteiger partial charge in [-0.2, -0.15) is 11.8 Å². The van der Waals surface area contributed by atoms with Gasteiger partial charge in [0.25, 0.3) is 0 Å². The van der Waals surface area contributed by atoms with E-state index in [4.69, 9.17) is 0 Å². The van der Waals surface area contributed by atoms with E-state index in [1.807, 2.05) is 0 Å². The third kappa shape index (κ3) is 4.39. The Morgan fingerprint density at radius 2 is 1.79 bits per heavy atom. The van der Waals surface area contributed by atoms with Crippen molar-refractivity contribution in [2.75, 3.05) is 5.75 Å². The summed E-state index contributed by atoms with van der Waals surface area (Å²) in [5.41, 5.74) is 0.467. The molecule has 0 amide bonds. The van der Waals surface area contributed by atoms with Gasteiger partial charge in [-0.25, -0.2) is 0 Å². The van der Waals surface area contributed by atoms with Crippen molar-refractivity contribution in [1.29, 1.82) is 0 Å². The fourth-order valence-electron chi connectivity index (χ4n) is 4.15. The van der Waals surface area contributed by atoms with Crippen LogP contribution in [-0.2, 0) is 0 Å². The lowest BCUT2D eigenvalue weighted by Crippen LogP contribution is -2.47. The van der Waals surface area contributed by atoms with Gasteiger partial charge in [0.2, 0.25) is 0 Å². The van der Waals surface area contributed by atoms with Crippen molar-refractivity contribution in [3.05, 3.63) is 0 Å². The van der Waals surface area contributed by atoms with E-state index in [0.29, 0.717) is 5.41 Å². The van der Waals surface area contributed by atoms with Gasteiger partial charge in [0.05, 0.1) is 0 Å². The molecule has 0 aromatic carbocycles. The zero-order valence-corrected chi connectivity index (χ0v) is 14.2. The Morgan fingerprint density at radius 1 is 1.05 bits per heavy atom. The molecule has 0 saturated heterocycles. The Labute approximate surface area is 124 Å². The van der Waals surface area contributed by atoms with Gasteiger partial charge in [-0.15, -0.1) is 0 Å². The lowest BCUT2D eigenvalue weighted by atomic mass is 9.69. The summed E-state index contributed by atoms with van der Waals surface area (Å²) >= 11 is 2.17. The molecule has 1 N–H and O–H groups in total. The van der Waals surface area contributed by atoms with E-state index in [1.165, 1.54) is 50.7 Å². The summed E-state index contributed by atoms with van der Waals surface area (Å²) in [5, 5.41) is 4.98. The van der Waals surface area contributed by atoms with Crippen LogP contribution in [-0.4, -0.2) is 23.1 Å². The van der Waals surface area contributed by atoms with Gasteiger partial charge in [0, 0.05) is 17.3 Å². The van der Waals surface area contributed by atoms with E-state index in [9.17, 15) is 0 Å². The highest BCUT2D eigenvalue weighted by Crippen LogP contribution is 2.39. The van der Waals surface area contributed by atoms with Crippen LogP contribution >= 0.6 is 11.8 Å². The second-order valence-electron chi connectivity index (χ2n) is 7.62. The SMILES string of the molecule is CCSC1CCC(NC2CCCCC2C(C)(C)C)C1. The molecule has 0 spiro atoms. The molecule has 2 saturated carbocycles. The first kappa shape index (κ1) is 15.7. The van der Waals surface area contributed by atoms with Gasteiger partial charge in [0.15, 0.2) is 0 Å². The normalized spacial score (nSPS) is 36.6. The van der Waals surface area contributed by atoms with Crippen LogP contribution < -0.4 is 5.32 Å². The maximum atomic E-state index is 4.05. The van der Waals surface area contributed by atoms with Crippen molar-refractivity contribution in [2.45, 2.75) is 90.0 Å². The van der Waals surface area contributed by atoms with Crippen molar-refractivity contribution in [3.63, 3.8) is 0 Å². The summed E-state index contributed by atoms with van der Waals surface area (Å²) < 4.78 is 0. The van der Waals surface area contributed by atoms with Gasteiger partial charge < -0.3 is 5.32 Å². The van der Waals surface area contributed by atoms with E-state index < -0.39 is 0 Å². The smallest absolute Gasteiger partial charge is 0.0103 e. The summed E-state index contributed by atoms with van der Waals surface area (Å²) in [5.74, 6) is 2.16. The highest BCUT2D eigenvalue weighted by atomic mass is 32.2. The van der Waals surface area contributed by atoms with Gasteiger partial charge >= 0.3 is 0 Å². The second kappa shape index (κ2) is 6.85. The van der Waals surface area contributed by atoms with E-state index in [0.717, 1.165) is 23.3 Å². The van der Waals surface area contributed by atoms with Crippen LogP contribution in [0.25, 0.3) is 0 Å². The Balaban J connectivity index is 1.86. The van der Waals surface area contributed by atoms with E-state index >= 15 is 0 Å². The van der Waals surface area contributed by atoms with Gasteiger partial charge in [-0.1, -0.05) is 40.5 Å². The Hall–Kier alpha value is 0.310. The average Bonchev–Trinajstić information content (AvgIpc) is 2.76. The van der Waals surface area contributed by atoms with Crippen molar-refractivity contribution in [3.8, 4) is 0 Å². The minimum Gasteiger partial charge on any atom is -0.311 e. The van der Waals surface area contributed by atoms with Crippen LogP contribution in [0.4, 0.5) is 0 Å². The first-order valence-electron chi connectivity index (χ1n) is 8.38. The molecule has 4 unspecified atom stereocenters. The molecule has 0 aliphatic heterocycles. The van der Waals surface area contributed by atoms with Crippen LogP contribution in [0.15, 0.2) is 0 Å². The second-order valence-corrected chi connectivity index (χ2v) is 9.19. The number of thioether (sulfide) groups is 1. The summed E-state index contributed by atoms with van der Waals surface area (Å²) in [4.78, 5) is 0. The fraction of sp³-hybridized carbons (Fsp3) is 1.00. The van der Waals surface area contributed by atoms with Crippen LogP contribution in [0.1, 0.15) is 72.6 Å². The molecular weight excluding hydrogens is 250 g/mol. The van der Waals surface area contributed by atoms with Crippen LogP contribution in [0.3, 0.4) is 0 Å². The molecule has 19 heavy (non-hydrogen) atoms. The quantitative estimate of drug-likeness (QED) is 0.791. The molecule has 2 aliphatic carbocycles. The van der Waals surface area contributed by atoms with E-state index in [2.05, 4.69) is 44.8 Å². The average molecular weight is 284 g/mol. The number of nitrogens with one attached hydrogen (secondary N) is 1. The molecule has 2 aliphatic rings. The minimum atomic E-state index is 0.467. The third-order valence-electron chi connectivity index (χ3n) is 5.11. The molecular formula is C17H33NS. The highest BCUT2D eigenvalue weighted by molar-refractivity contribution is 7.99. The molecule has 0 radical (unpaired) electrons. The van der Waals surface area contributed by atoms with Crippen molar-refractivity contribution < 1.29 is 0 Å².